The number of amidine groups is 1. The molecule has 0 saturated carbocycles. The van der Waals surface area contributed by atoms with E-state index in [9.17, 15) is 4.79 Å². The van der Waals surface area contributed by atoms with Gasteiger partial charge in [-0.1, -0.05) is 24.6 Å². The van der Waals surface area contributed by atoms with Crippen molar-refractivity contribution in [2.45, 2.75) is 48.0 Å². The average molecular weight is 457 g/mol. The molecule has 0 fully saturated rings. The number of benzene rings is 1. The highest BCUT2D eigenvalue weighted by Crippen LogP contribution is 2.25. The second-order valence-electron chi connectivity index (χ2n) is 7.95. The molecule has 32 heavy (non-hydrogen) atoms. The molecule has 0 spiro atoms. The third-order valence-corrected chi connectivity index (χ3v) is 5.45. The summed E-state index contributed by atoms with van der Waals surface area (Å²) in [6.07, 6.45) is 2.59. The number of amides is 1. The maximum atomic E-state index is 12.5. The first-order valence-corrected chi connectivity index (χ1v) is 10.9. The van der Waals surface area contributed by atoms with Crippen molar-refractivity contribution in [2.75, 3.05) is 24.7 Å². The number of aliphatic imine (C=N–C) groups is 1. The molecule has 8 heteroatoms. The molecule has 1 aromatic heterocycles. The number of aromatic nitrogens is 2. The fourth-order valence-corrected chi connectivity index (χ4v) is 3.03. The maximum absolute atomic E-state index is 12.5. The maximum Gasteiger partial charge on any atom is 0.253 e. The molecule has 2 aromatic rings. The SMILES string of the molecule is C\C=C(Cl)/C(=N\C(Nc1cc(C)c(C(=O)N(C)C)cc1C)=C(/C)CC)Nc1cc(C)[nH]n1. The highest BCUT2D eigenvalue weighted by atomic mass is 35.5. The summed E-state index contributed by atoms with van der Waals surface area (Å²) in [6, 6.07) is 5.77. The molecule has 0 radical (unpaired) electrons. The molecule has 7 nitrogen and oxygen atoms in total. The van der Waals surface area contributed by atoms with E-state index in [0.29, 0.717) is 28.1 Å². The van der Waals surface area contributed by atoms with Crippen LogP contribution in [0.25, 0.3) is 0 Å². The predicted molar refractivity (Wildman–Crippen MR) is 135 cm³/mol. The lowest BCUT2D eigenvalue weighted by Crippen LogP contribution is -2.22. The number of nitrogens with one attached hydrogen (secondary N) is 3. The van der Waals surface area contributed by atoms with Gasteiger partial charge < -0.3 is 15.5 Å². The van der Waals surface area contributed by atoms with Gasteiger partial charge in [0.25, 0.3) is 5.91 Å². The minimum absolute atomic E-state index is 0.0173. The molecule has 1 heterocycles. The summed E-state index contributed by atoms with van der Waals surface area (Å²) in [5.74, 6) is 1.80. The Labute approximate surface area is 195 Å². The Morgan fingerprint density at radius 1 is 1.19 bits per heavy atom. The van der Waals surface area contributed by atoms with Gasteiger partial charge in [-0.25, -0.2) is 4.99 Å². The van der Waals surface area contributed by atoms with Gasteiger partial charge in [0.2, 0.25) is 0 Å². The molecular formula is C24H33ClN6O. The third kappa shape index (κ3) is 6.23. The Bertz CT molecular complexity index is 1080. The molecule has 0 bridgehead atoms. The Balaban J connectivity index is 2.48. The quantitative estimate of drug-likeness (QED) is 0.366. The number of halogens is 1. The van der Waals surface area contributed by atoms with E-state index in [1.807, 2.05) is 52.8 Å². The van der Waals surface area contributed by atoms with Crippen molar-refractivity contribution in [3.63, 3.8) is 0 Å². The number of allylic oxidation sites excluding steroid dienone is 2. The van der Waals surface area contributed by atoms with Crippen molar-refractivity contribution in [1.82, 2.24) is 15.1 Å². The number of hydrogen-bond donors (Lipinski definition) is 3. The van der Waals surface area contributed by atoms with Crippen LogP contribution in [0, 0.1) is 20.8 Å². The van der Waals surface area contributed by atoms with Gasteiger partial charge in [-0.2, -0.15) is 5.10 Å². The minimum Gasteiger partial charge on any atom is -0.345 e. The highest BCUT2D eigenvalue weighted by molar-refractivity contribution is 6.45. The molecule has 0 aliphatic carbocycles. The number of nitrogens with zero attached hydrogens (tertiary/aromatic N) is 3. The molecule has 1 aromatic carbocycles. The van der Waals surface area contributed by atoms with Crippen molar-refractivity contribution in [2.24, 2.45) is 4.99 Å². The Morgan fingerprint density at radius 3 is 2.41 bits per heavy atom. The number of hydrogen-bond acceptors (Lipinski definition) is 4. The highest BCUT2D eigenvalue weighted by Gasteiger charge is 2.15. The van der Waals surface area contributed by atoms with Crippen LogP contribution in [-0.4, -0.2) is 40.9 Å². The summed E-state index contributed by atoms with van der Waals surface area (Å²) in [5, 5.41) is 14.2. The summed E-state index contributed by atoms with van der Waals surface area (Å²) in [5.41, 5.74) is 5.41. The lowest BCUT2D eigenvalue weighted by atomic mass is 10.0. The van der Waals surface area contributed by atoms with Crippen LogP contribution in [0.3, 0.4) is 0 Å². The van der Waals surface area contributed by atoms with Crippen molar-refractivity contribution in [3.8, 4) is 0 Å². The molecule has 1 amide bonds. The number of carbonyl (C=O) groups is 1. The zero-order valence-corrected chi connectivity index (χ0v) is 20.9. The summed E-state index contributed by atoms with van der Waals surface area (Å²) >= 11 is 6.46. The number of anilines is 2. The van der Waals surface area contributed by atoms with Gasteiger partial charge in [-0.05, 0) is 69.9 Å². The molecule has 0 aliphatic heterocycles. The lowest BCUT2D eigenvalue weighted by molar-refractivity contribution is 0.0827. The van der Waals surface area contributed by atoms with E-state index in [1.165, 1.54) is 0 Å². The van der Waals surface area contributed by atoms with Crippen LogP contribution in [0.15, 0.2) is 45.7 Å². The van der Waals surface area contributed by atoms with Crippen LogP contribution in [0.5, 0.6) is 0 Å². The van der Waals surface area contributed by atoms with Crippen LogP contribution < -0.4 is 10.6 Å². The molecule has 172 valence electrons. The van der Waals surface area contributed by atoms with E-state index in [0.717, 1.165) is 34.5 Å². The molecule has 3 N–H and O–H groups in total. The number of H-pyrrole nitrogens is 1. The zero-order valence-electron chi connectivity index (χ0n) is 20.1. The smallest absolute Gasteiger partial charge is 0.253 e. The Kier molecular flexibility index (Phi) is 8.66. The van der Waals surface area contributed by atoms with E-state index in [2.05, 4.69) is 27.8 Å². The van der Waals surface area contributed by atoms with Gasteiger partial charge in [0.15, 0.2) is 11.7 Å². The molecule has 0 atom stereocenters. The second-order valence-corrected chi connectivity index (χ2v) is 8.35. The number of aryl methyl sites for hydroxylation is 3. The van der Waals surface area contributed by atoms with Gasteiger partial charge in [-0.15, -0.1) is 0 Å². The largest absolute Gasteiger partial charge is 0.345 e. The van der Waals surface area contributed by atoms with Crippen LogP contribution in [0.1, 0.15) is 54.4 Å². The molecular weight excluding hydrogens is 424 g/mol. The van der Waals surface area contributed by atoms with E-state index in [1.54, 1.807) is 25.1 Å². The zero-order chi connectivity index (χ0) is 24.0. The lowest BCUT2D eigenvalue weighted by Gasteiger charge is -2.18. The Hall–Kier alpha value is -3.06. The van der Waals surface area contributed by atoms with Gasteiger partial charge in [0.05, 0.1) is 5.03 Å². The standard InChI is InChI=1S/C24H33ClN6O/c1-9-14(3)22(28-23(19(25)10-2)27-21-13-17(6)29-30-21)26-20-12-15(4)18(11-16(20)5)24(32)31(7)8/h10-13,26H,9H2,1-8H3,(H2,27,28,29,30)/b19-10+,22-14+. The first kappa shape index (κ1) is 25.2. The van der Waals surface area contributed by atoms with Crippen molar-refractivity contribution >= 4 is 34.8 Å². The van der Waals surface area contributed by atoms with Crippen LogP contribution in [0.4, 0.5) is 11.5 Å². The van der Waals surface area contributed by atoms with Crippen molar-refractivity contribution in [3.05, 3.63) is 63.1 Å². The molecule has 0 aliphatic rings. The summed E-state index contributed by atoms with van der Waals surface area (Å²) in [6.45, 7) is 11.8. The van der Waals surface area contributed by atoms with E-state index < -0.39 is 0 Å². The number of aromatic amines is 1. The first-order valence-electron chi connectivity index (χ1n) is 10.6. The van der Waals surface area contributed by atoms with Crippen LogP contribution >= 0.6 is 11.6 Å². The minimum atomic E-state index is -0.0173. The topological polar surface area (TPSA) is 85.4 Å². The van der Waals surface area contributed by atoms with Crippen molar-refractivity contribution < 1.29 is 4.79 Å². The van der Waals surface area contributed by atoms with E-state index in [4.69, 9.17) is 16.6 Å². The molecule has 0 unspecified atom stereocenters. The Morgan fingerprint density at radius 2 is 1.88 bits per heavy atom. The van der Waals surface area contributed by atoms with Crippen molar-refractivity contribution in [1.29, 1.82) is 0 Å². The van der Waals surface area contributed by atoms with Crippen LogP contribution in [-0.2, 0) is 0 Å². The molecule has 0 saturated heterocycles. The number of carbonyl (C=O) groups excluding carboxylic acids is 1. The first-order chi connectivity index (χ1) is 15.1. The fourth-order valence-electron chi connectivity index (χ4n) is 2.94. The summed E-state index contributed by atoms with van der Waals surface area (Å²) < 4.78 is 0. The van der Waals surface area contributed by atoms with Gasteiger partial charge >= 0.3 is 0 Å². The van der Waals surface area contributed by atoms with E-state index >= 15 is 0 Å². The predicted octanol–water partition coefficient (Wildman–Crippen LogP) is 5.74. The summed E-state index contributed by atoms with van der Waals surface area (Å²) in [4.78, 5) is 18.9. The normalized spacial score (nSPS) is 13.0. The monoisotopic (exact) mass is 456 g/mol. The second kappa shape index (κ2) is 11.0. The third-order valence-electron chi connectivity index (χ3n) is 5.05. The average Bonchev–Trinajstić information content (AvgIpc) is 3.17. The van der Waals surface area contributed by atoms with Gasteiger partial charge in [0, 0.05) is 37.1 Å². The molecule has 2 rings (SSSR count). The van der Waals surface area contributed by atoms with Crippen LogP contribution in [0.2, 0.25) is 0 Å². The summed E-state index contributed by atoms with van der Waals surface area (Å²) in [7, 11) is 3.51. The van der Waals surface area contributed by atoms with E-state index in [-0.39, 0.29) is 5.91 Å². The van der Waals surface area contributed by atoms with Gasteiger partial charge in [0.1, 0.15) is 5.82 Å². The fraction of sp³-hybridized carbons (Fsp3) is 0.375. The number of rotatable bonds is 7. The van der Waals surface area contributed by atoms with Gasteiger partial charge in [-0.3, -0.25) is 9.89 Å².